The van der Waals surface area contributed by atoms with Gasteiger partial charge in [-0.2, -0.15) is 0 Å². The van der Waals surface area contributed by atoms with Gasteiger partial charge >= 0.3 is 6.09 Å². The van der Waals surface area contributed by atoms with Crippen LogP contribution in [0, 0.1) is 0 Å². The third-order valence-electron chi connectivity index (χ3n) is 3.87. The minimum Gasteiger partial charge on any atom is -0.465 e. The molecule has 0 bridgehead atoms. The van der Waals surface area contributed by atoms with Crippen molar-refractivity contribution in [1.82, 2.24) is 14.9 Å². The van der Waals surface area contributed by atoms with Crippen LogP contribution >= 0.6 is 11.6 Å². The van der Waals surface area contributed by atoms with E-state index in [0.29, 0.717) is 35.1 Å². The van der Waals surface area contributed by atoms with Crippen LogP contribution in [0.2, 0.25) is 5.02 Å². The maximum absolute atomic E-state index is 11.5. The van der Waals surface area contributed by atoms with Crippen molar-refractivity contribution in [3.63, 3.8) is 0 Å². The summed E-state index contributed by atoms with van der Waals surface area (Å²) in [4.78, 5) is 20.8. The smallest absolute Gasteiger partial charge is 0.407 e. The number of hydrogen-bond acceptors (Lipinski definition) is 5. The van der Waals surface area contributed by atoms with Crippen LogP contribution in [0.5, 0.6) is 0 Å². The number of halogens is 1. The fourth-order valence-electron chi connectivity index (χ4n) is 2.45. The number of nitrogens with zero attached hydrogens (tertiary/aromatic N) is 3. The Labute approximate surface area is 143 Å². The molecular weight excluding hydrogens is 354 g/mol. The predicted molar refractivity (Wildman–Crippen MR) is 87.9 cm³/mol. The molecule has 1 aromatic heterocycles. The fourth-order valence-corrected chi connectivity index (χ4v) is 3.45. The van der Waals surface area contributed by atoms with Gasteiger partial charge in [0.1, 0.15) is 5.82 Å². The maximum atomic E-state index is 11.5. The number of rotatable bonds is 3. The van der Waals surface area contributed by atoms with Crippen molar-refractivity contribution in [1.29, 1.82) is 0 Å². The molecule has 2 aromatic rings. The molecule has 24 heavy (non-hydrogen) atoms. The monoisotopic (exact) mass is 367 g/mol. The van der Waals surface area contributed by atoms with E-state index in [1.807, 2.05) is 0 Å². The van der Waals surface area contributed by atoms with Gasteiger partial charge in [-0.15, -0.1) is 0 Å². The molecule has 9 heteroatoms. The molecule has 0 atom stereocenters. The Kier molecular flexibility index (Phi) is 4.18. The van der Waals surface area contributed by atoms with E-state index < -0.39 is 15.9 Å². The summed E-state index contributed by atoms with van der Waals surface area (Å²) < 4.78 is 23.1. The predicted octanol–water partition coefficient (Wildman–Crippen LogP) is 2.28. The van der Waals surface area contributed by atoms with E-state index in [9.17, 15) is 13.2 Å². The minimum absolute atomic E-state index is 0.00164. The van der Waals surface area contributed by atoms with Crippen molar-refractivity contribution in [3.05, 3.63) is 41.4 Å². The van der Waals surface area contributed by atoms with Gasteiger partial charge in [-0.3, -0.25) is 0 Å². The molecule has 0 radical (unpaired) electrons. The zero-order chi connectivity index (χ0) is 17.5. The summed E-state index contributed by atoms with van der Waals surface area (Å²) >= 11 is 6.17. The van der Waals surface area contributed by atoms with Crippen molar-refractivity contribution >= 4 is 27.5 Å². The molecule has 1 saturated heterocycles. The molecular formula is C15H14ClN3O4S. The van der Waals surface area contributed by atoms with Gasteiger partial charge in [-0.05, 0) is 12.1 Å². The Bertz CT molecular complexity index is 893. The zero-order valence-corrected chi connectivity index (χ0v) is 14.3. The molecule has 0 saturated carbocycles. The maximum Gasteiger partial charge on any atom is 0.407 e. The fraction of sp³-hybridized carbons (Fsp3) is 0.267. The second-order valence-electron chi connectivity index (χ2n) is 5.63. The van der Waals surface area contributed by atoms with Gasteiger partial charge in [0.25, 0.3) is 0 Å². The first kappa shape index (κ1) is 16.7. The van der Waals surface area contributed by atoms with Gasteiger partial charge in [-0.25, -0.2) is 23.2 Å². The average Bonchev–Trinajstić information content (AvgIpc) is 2.45. The largest absolute Gasteiger partial charge is 0.465 e. The summed E-state index contributed by atoms with van der Waals surface area (Å²) in [5.41, 5.74) is 1.30. The van der Waals surface area contributed by atoms with Crippen LogP contribution in [0.4, 0.5) is 4.79 Å². The second kappa shape index (κ2) is 6.03. The molecule has 2 heterocycles. The first-order valence-corrected chi connectivity index (χ1v) is 9.32. The van der Waals surface area contributed by atoms with Crippen LogP contribution in [0.15, 0.2) is 35.5 Å². The molecule has 7 nitrogen and oxygen atoms in total. The van der Waals surface area contributed by atoms with Crippen molar-refractivity contribution in [2.75, 3.05) is 19.3 Å². The Morgan fingerprint density at radius 3 is 2.42 bits per heavy atom. The Hall–Kier alpha value is -2.19. The van der Waals surface area contributed by atoms with Crippen molar-refractivity contribution in [3.8, 4) is 11.1 Å². The highest BCUT2D eigenvalue weighted by Gasteiger charge is 2.33. The summed E-state index contributed by atoms with van der Waals surface area (Å²) in [6, 6.07) is 4.50. The summed E-state index contributed by atoms with van der Waals surface area (Å²) in [7, 11) is -3.32. The summed E-state index contributed by atoms with van der Waals surface area (Å²) in [5, 5.41) is 9.13. The van der Waals surface area contributed by atoms with Gasteiger partial charge in [0.2, 0.25) is 0 Å². The molecule has 1 amide bonds. The quantitative estimate of drug-likeness (QED) is 0.893. The molecule has 1 aliphatic heterocycles. The molecule has 1 aromatic carbocycles. The highest BCUT2D eigenvalue weighted by atomic mass is 35.5. The lowest BCUT2D eigenvalue weighted by molar-refractivity contribution is 0.103. The molecule has 0 unspecified atom stereocenters. The lowest BCUT2D eigenvalue weighted by Crippen LogP contribution is -2.48. The summed E-state index contributed by atoms with van der Waals surface area (Å²) in [6.07, 6.45) is 3.38. The zero-order valence-electron chi connectivity index (χ0n) is 12.7. The molecule has 0 aliphatic carbocycles. The first-order chi connectivity index (χ1) is 11.3. The third kappa shape index (κ3) is 3.20. The van der Waals surface area contributed by atoms with Crippen LogP contribution in [-0.4, -0.2) is 53.8 Å². The SMILES string of the molecule is CS(=O)(=O)c1ccc(-c2cnc(C3CN(C(=O)O)C3)nc2)c(Cl)c1. The van der Waals surface area contributed by atoms with Gasteiger partial charge in [-0.1, -0.05) is 17.7 Å². The number of aromatic nitrogens is 2. The number of likely N-dealkylation sites (tertiary alicyclic amines) is 1. The normalized spacial score (nSPS) is 15.2. The minimum atomic E-state index is -3.32. The molecule has 1 fully saturated rings. The summed E-state index contributed by atoms with van der Waals surface area (Å²) in [5.74, 6) is 0.582. The van der Waals surface area contributed by atoms with Crippen molar-refractivity contribution in [2.45, 2.75) is 10.8 Å². The van der Waals surface area contributed by atoms with Crippen molar-refractivity contribution < 1.29 is 18.3 Å². The van der Waals surface area contributed by atoms with E-state index in [4.69, 9.17) is 16.7 Å². The standard InChI is InChI=1S/C15H14ClN3O4S/c1-24(22,23)11-2-3-12(13(16)4-11)9-5-17-14(18-6-9)10-7-19(8-10)15(20)21/h2-6,10H,7-8H2,1H3,(H,20,21). The second-order valence-corrected chi connectivity index (χ2v) is 8.05. The Balaban J connectivity index is 1.80. The van der Waals surface area contributed by atoms with Gasteiger partial charge in [0, 0.05) is 47.9 Å². The Morgan fingerprint density at radius 1 is 1.29 bits per heavy atom. The molecule has 0 spiro atoms. The molecule has 3 rings (SSSR count). The lowest BCUT2D eigenvalue weighted by Gasteiger charge is -2.35. The van der Waals surface area contributed by atoms with Gasteiger partial charge < -0.3 is 10.0 Å². The van der Waals surface area contributed by atoms with Crippen LogP contribution in [0.3, 0.4) is 0 Å². The molecule has 1 N–H and O–H groups in total. The van der Waals surface area contributed by atoms with Crippen LogP contribution in [0.1, 0.15) is 11.7 Å². The Morgan fingerprint density at radius 2 is 1.92 bits per heavy atom. The van der Waals surface area contributed by atoms with Crippen LogP contribution in [-0.2, 0) is 9.84 Å². The highest BCUT2D eigenvalue weighted by Crippen LogP contribution is 2.30. The number of carboxylic acid groups (broad SMARTS) is 1. The number of benzene rings is 1. The molecule has 1 aliphatic rings. The number of amides is 1. The van der Waals surface area contributed by atoms with Crippen LogP contribution in [0.25, 0.3) is 11.1 Å². The summed E-state index contributed by atoms with van der Waals surface area (Å²) in [6.45, 7) is 0.775. The molecule has 126 valence electrons. The van der Waals surface area contributed by atoms with E-state index in [0.717, 1.165) is 6.26 Å². The van der Waals surface area contributed by atoms with Crippen LogP contribution < -0.4 is 0 Å². The number of hydrogen-bond donors (Lipinski definition) is 1. The van der Waals surface area contributed by atoms with E-state index in [1.54, 1.807) is 18.5 Å². The number of carbonyl (C=O) groups is 1. The van der Waals surface area contributed by atoms with E-state index >= 15 is 0 Å². The highest BCUT2D eigenvalue weighted by molar-refractivity contribution is 7.90. The average molecular weight is 368 g/mol. The lowest BCUT2D eigenvalue weighted by atomic mass is 10.00. The first-order valence-electron chi connectivity index (χ1n) is 7.05. The van der Waals surface area contributed by atoms with Gasteiger partial charge in [0.15, 0.2) is 9.84 Å². The van der Waals surface area contributed by atoms with E-state index in [1.165, 1.54) is 17.0 Å². The van der Waals surface area contributed by atoms with Crippen molar-refractivity contribution in [2.24, 2.45) is 0 Å². The topological polar surface area (TPSA) is 100 Å². The van der Waals surface area contributed by atoms with E-state index in [2.05, 4.69) is 9.97 Å². The third-order valence-corrected chi connectivity index (χ3v) is 5.29. The number of sulfone groups is 1. The van der Waals surface area contributed by atoms with E-state index in [-0.39, 0.29) is 10.8 Å². The van der Waals surface area contributed by atoms with Gasteiger partial charge in [0.05, 0.1) is 10.8 Å².